The molecular formula is C68H132N2O30. The van der Waals surface area contributed by atoms with Crippen molar-refractivity contribution in [3.8, 4) is 0 Å². The molecule has 0 spiro atoms. The zero-order chi connectivity index (χ0) is 73.0. The van der Waals surface area contributed by atoms with Gasteiger partial charge in [0.15, 0.2) is 5.78 Å². The van der Waals surface area contributed by atoms with Gasteiger partial charge in [-0.25, -0.2) is 0 Å². The number of hydrogen-bond acceptors (Lipinski definition) is 31. The number of rotatable bonds is 82. The number of methoxy groups -OCH3 is 1. The molecule has 1 unspecified atom stereocenters. The molecule has 0 radical (unpaired) electrons. The Bertz CT molecular complexity index is 1760. The first-order chi connectivity index (χ1) is 48.6. The SMILES string of the molecule is COCCOCCOCCOCCOCCOCCOCCOCCOCCOCCOCCOCCOCCOCCOCCOCCOCCOCCOCCOCCOCCOCCOCCOCCCC(=O)C(CCC(=O)OC(C)(C)C)NC(=O)[C@@H](N)CCC(=O)OC(C)(C)C. The number of ketones is 1. The molecule has 0 bridgehead atoms. The molecular weight excluding hydrogens is 1320 g/mol. The number of carbonyl (C=O) groups excluding carboxylic acids is 4. The molecule has 0 saturated carbocycles. The maximum Gasteiger partial charge on any atom is 0.306 e. The molecule has 0 aromatic rings. The van der Waals surface area contributed by atoms with E-state index in [4.69, 9.17) is 129 Å². The molecule has 0 aliphatic carbocycles. The van der Waals surface area contributed by atoms with Crippen molar-refractivity contribution in [1.82, 2.24) is 5.32 Å². The van der Waals surface area contributed by atoms with Crippen LogP contribution in [0.5, 0.6) is 0 Å². The summed E-state index contributed by atoms with van der Waals surface area (Å²) in [5, 5.41) is 2.66. The maximum absolute atomic E-state index is 13.2. The highest BCUT2D eigenvalue weighted by Crippen LogP contribution is 2.13. The molecule has 32 nitrogen and oxygen atoms in total. The standard InChI is InChI=1S/C68H132N2O30/c1-67(2,3)99-64(72)12-10-61(69)66(74)70-62(11-13-65(73)100-68(4,5)6)63(71)9-8-14-76-17-18-78-21-22-80-25-26-82-29-30-84-33-34-86-37-38-88-41-42-90-45-46-92-49-50-94-53-54-96-57-58-98-60-59-97-56-55-95-52-51-93-48-47-91-44-43-89-40-39-87-36-35-85-32-31-83-28-27-81-24-23-79-20-19-77-16-15-75-7/h61-62H,8-60,69H2,1-7H3,(H,70,74)/t61-,62?/m0/s1. The summed E-state index contributed by atoms with van der Waals surface area (Å²) in [6.07, 6.45) is 0.441. The van der Waals surface area contributed by atoms with Crippen molar-refractivity contribution in [2.45, 2.75) is 103 Å². The number of hydrogen-bond donors (Lipinski definition) is 2. The van der Waals surface area contributed by atoms with Crippen LogP contribution in [0.25, 0.3) is 0 Å². The molecule has 0 aromatic heterocycles. The van der Waals surface area contributed by atoms with Crippen LogP contribution in [0.1, 0.15) is 80.1 Å². The second-order valence-corrected chi connectivity index (χ2v) is 23.6. The van der Waals surface area contributed by atoms with Gasteiger partial charge in [-0.2, -0.15) is 0 Å². The molecule has 100 heavy (non-hydrogen) atoms. The van der Waals surface area contributed by atoms with Gasteiger partial charge in [0.05, 0.1) is 316 Å². The Balaban J connectivity index is 3.37. The molecule has 2 atom stereocenters. The maximum atomic E-state index is 13.2. The fraction of sp³-hybridized carbons (Fsp3) is 0.941. The average molecular weight is 1460 g/mol. The topological polar surface area (TPSA) is 346 Å². The zero-order valence-electron chi connectivity index (χ0n) is 62.0. The Morgan fingerprint density at radius 3 is 0.640 bits per heavy atom. The predicted molar refractivity (Wildman–Crippen MR) is 365 cm³/mol. The normalized spacial score (nSPS) is 12.6. The Morgan fingerprint density at radius 1 is 0.270 bits per heavy atom. The van der Waals surface area contributed by atoms with Gasteiger partial charge in [-0.1, -0.05) is 0 Å². The van der Waals surface area contributed by atoms with E-state index in [0.29, 0.717) is 317 Å². The van der Waals surface area contributed by atoms with E-state index in [2.05, 4.69) is 5.32 Å². The summed E-state index contributed by atoms with van der Waals surface area (Å²) in [4.78, 5) is 50.5. The Hall–Kier alpha value is -2.92. The number of nitrogens with two attached hydrogens (primary N) is 1. The summed E-state index contributed by atoms with van der Waals surface area (Å²) in [5.41, 5.74) is 4.68. The lowest BCUT2D eigenvalue weighted by Gasteiger charge is -2.23. The number of ether oxygens (including phenoxy) is 26. The van der Waals surface area contributed by atoms with Crippen molar-refractivity contribution in [1.29, 1.82) is 0 Å². The molecule has 0 aromatic carbocycles. The minimum absolute atomic E-state index is 0.0354. The Morgan fingerprint density at radius 2 is 0.450 bits per heavy atom. The third-order valence-corrected chi connectivity index (χ3v) is 12.5. The third kappa shape index (κ3) is 79.2. The fourth-order valence-electron chi connectivity index (χ4n) is 7.65. The smallest absolute Gasteiger partial charge is 0.306 e. The number of amides is 1. The van der Waals surface area contributed by atoms with E-state index in [1.54, 1.807) is 48.7 Å². The summed E-state index contributed by atoms with van der Waals surface area (Å²) >= 11 is 0. The summed E-state index contributed by atoms with van der Waals surface area (Å²) in [6, 6.07) is -2.01. The van der Waals surface area contributed by atoms with Gasteiger partial charge in [0.2, 0.25) is 5.91 Å². The van der Waals surface area contributed by atoms with E-state index in [-0.39, 0.29) is 37.9 Å². The van der Waals surface area contributed by atoms with Crippen LogP contribution < -0.4 is 11.1 Å². The summed E-state index contributed by atoms with van der Waals surface area (Å²) < 4.78 is 142. The molecule has 32 heteroatoms. The second-order valence-electron chi connectivity index (χ2n) is 23.6. The van der Waals surface area contributed by atoms with Gasteiger partial charge in [0.25, 0.3) is 0 Å². The summed E-state index contributed by atoms with van der Waals surface area (Å²) in [6.45, 7) is 32.4. The van der Waals surface area contributed by atoms with Gasteiger partial charge in [0, 0.05) is 33.0 Å². The number of esters is 2. The van der Waals surface area contributed by atoms with E-state index < -0.39 is 41.1 Å². The van der Waals surface area contributed by atoms with Crippen LogP contribution >= 0.6 is 0 Å². The molecule has 0 aliphatic rings. The van der Waals surface area contributed by atoms with E-state index in [1.165, 1.54) is 0 Å². The molecule has 3 N–H and O–H groups in total. The zero-order valence-corrected chi connectivity index (χ0v) is 62.0. The van der Waals surface area contributed by atoms with Crippen molar-refractivity contribution in [2.75, 3.05) is 318 Å². The van der Waals surface area contributed by atoms with Gasteiger partial charge in [-0.3, -0.25) is 19.2 Å². The summed E-state index contributed by atoms with van der Waals surface area (Å²) in [7, 11) is 1.64. The molecule has 0 rings (SSSR count). The van der Waals surface area contributed by atoms with E-state index in [0.717, 1.165) is 0 Å². The van der Waals surface area contributed by atoms with Crippen LogP contribution in [-0.4, -0.2) is 365 Å². The Kier molecular flexibility index (Phi) is 73.5. The van der Waals surface area contributed by atoms with Crippen LogP contribution in [0.4, 0.5) is 0 Å². The predicted octanol–water partition coefficient (Wildman–Crippen LogP) is 2.42. The molecule has 0 aliphatic heterocycles. The van der Waals surface area contributed by atoms with Crippen LogP contribution in [-0.2, 0) is 142 Å². The molecule has 0 saturated heterocycles. The highest BCUT2D eigenvalue weighted by atomic mass is 16.6. The fourth-order valence-corrected chi connectivity index (χ4v) is 7.65. The molecule has 1 amide bonds. The first-order valence-electron chi connectivity index (χ1n) is 35.4. The van der Waals surface area contributed by atoms with E-state index in [9.17, 15) is 19.2 Å². The number of Topliss-reactive ketones (excluding diaryl/α,β-unsaturated/α-hetero) is 1. The largest absolute Gasteiger partial charge is 0.460 e. The van der Waals surface area contributed by atoms with Gasteiger partial charge in [0.1, 0.15) is 11.2 Å². The third-order valence-electron chi connectivity index (χ3n) is 12.5. The Labute approximate surface area is 596 Å². The monoisotopic (exact) mass is 1460 g/mol. The molecule has 0 heterocycles. The summed E-state index contributed by atoms with van der Waals surface area (Å²) in [5.74, 6) is -1.83. The van der Waals surface area contributed by atoms with Crippen LogP contribution in [0.2, 0.25) is 0 Å². The lowest BCUT2D eigenvalue weighted by molar-refractivity contribution is -0.156. The van der Waals surface area contributed by atoms with Gasteiger partial charge < -0.3 is 134 Å². The van der Waals surface area contributed by atoms with Crippen molar-refractivity contribution in [2.24, 2.45) is 5.73 Å². The lowest BCUT2D eigenvalue weighted by Crippen LogP contribution is -2.48. The van der Waals surface area contributed by atoms with Crippen LogP contribution in [0, 0.1) is 0 Å². The van der Waals surface area contributed by atoms with Gasteiger partial charge >= 0.3 is 11.9 Å². The average Bonchev–Trinajstić information content (AvgIpc) is 0.933. The van der Waals surface area contributed by atoms with Crippen molar-refractivity contribution < 1.29 is 142 Å². The second kappa shape index (κ2) is 75.8. The van der Waals surface area contributed by atoms with Gasteiger partial charge in [-0.05, 0) is 60.8 Å². The minimum atomic E-state index is -1.05. The first kappa shape index (κ1) is 97.1. The quantitative estimate of drug-likeness (QED) is 0.0652. The van der Waals surface area contributed by atoms with Crippen molar-refractivity contribution >= 4 is 23.6 Å². The van der Waals surface area contributed by atoms with E-state index in [1.807, 2.05) is 0 Å². The van der Waals surface area contributed by atoms with Crippen LogP contribution in [0.3, 0.4) is 0 Å². The van der Waals surface area contributed by atoms with Crippen LogP contribution in [0.15, 0.2) is 0 Å². The number of carbonyl (C=O) groups is 4. The van der Waals surface area contributed by atoms with E-state index >= 15 is 0 Å². The molecule has 594 valence electrons. The minimum Gasteiger partial charge on any atom is -0.460 e. The highest BCUT2D eigenvalue weighted by Gasteiger charge is 2.27. The van der Waals surface area contributed by atoms with Gasteiger partial charge in [-0.15, -0.1) is 0 Å². The molecule has 0 fully saturated rings. The lowest BCUT2D eigenvalue weighted by atomic mass is 10.0. The highest BCUT2D eigenvalue weighted by molar-refractivity contribution is 5.91. The van der Waals surface area contributed by atoms with Crippen molar-refractivity contribution in [3.63, 3.8) is 0 Å². The van der Waals surface area contributed by atoms with Crippen molar-refractivity contribution in [3.05, 3.63) is 0 Å². The number of nitrogens with one attached hydrogen (secondary N) is 1. The first-order valence-corrected chi connectivity index (χ1v) is 35.4.